The van der Waals surface area contributed by atoms with Gasteiger partial charge < -0.3 is 0 Å². The lowest BCUT2D eigenvalue weighted by molar-refractivity contribution is -0.312. The van der Waals surface area contributed by atoms with Crippen molar-refractivity contribution in [2.75, 3.05) is 0 Å². The summed E-state index contributed by atoms with van der Waals surface area (Å²) in [6.07, 6.45) is -8.58. The highest BCUT2D eigenvalue weighted by Gasteiger charge is 2.53. The number of halogens is 9. The van der Waals surface area contributed by atoms with Gasteiger partial charge in [0.25, 0.3) is 0 Å². The summed E-state index contributed by atoms with van der Waals surface area (Å²) < 4.78 is 105. The summed E-state index contributed by atoms with van der Waals surface area (Å²) in [6.45, 7) is -8.77. The Morgan fingerprint density at radius 1 is 0.800 bits per heavy atom. The van der Waals surface area contributed by atoms with Crippen molar-refractivity contribution in [3.8, 4) is 0 Å². The SMILES string of the molecule is FC(F)N(C(F)F)C(F)(F)CC(F)(F)F. The Bertz CT molecular complexity index is 189. The lowest BCUT2D eigenvalue weighted by atomic mass is 10.3. The zero-order valence-corrected chi connectivity index (χ0v) is 6.71. The fraction of sp³-hybridized carbons (Fsp3) is 1.00. The molecule has 0 atom stereocenters. The van der Waals surface area contributed by atoms with Gasteiger partial charge in [-0.15, -0.1) is 4.90 Å². The molecule has 0 bridgehead atoms. The van der Waals surface area contributed by atoms with Crippen LogP contribution in [0.15, 0.2) is 0 Å². The maximum absolute atomic E-state index is 12.3. The first-order chi connectivity index (χ1) is 6.47. The quantitative estimate of drug-likeness (QED) is 0.546. The minimum Gasteiger partial charge on any atom is -0.191 e. The highest BCUT2D eigenvalue weighted by Crippen LogP contribution is 2.37. The third-order valence-corrected chi connectivity index (χ3v) is 1.21. The van der Waals surface area contributed by atoms with Crippen LogP contribution in [-0.2, 0) is 0 Å². The summed E-state index contributed by atoms with van der Waals surface area (Å²) in [5.74, 6) is 0. The van der Waals surface area contributed by atoms with E-state index >= 15 is 0 Å². The molecular formula is C5H4F9N. The molecular weight excluding hydrogens is 245 g/mol. The Hall–Kier alpha value is -0.670. The van der Waals surface area contributed by atoms with Crippen molar-refractivity contribution in [3.63, 3.8) is 0 Å². The molecule has 0 rings (SSSR count). The van der Waals surface area contributed by atoms with Gasteiger partial charge in [0.15, 0.2) is 0 Å². The third-order valence-electron chi connectivity index (χ3n) is 1.21. The number of nitrogens with zero attached hydrogens (tertiary/aromatic N) is 1. The normalized spacial score (nSPS) is 14.4. The Balaban J connectivity index is 4.80. The van der Waals surface area contributed by atoms with Crippen molar-refractivity contribution >= 4 is 0 Å². The summed E-state index contributed by atoms with van der Waals surface area (Å²) in [7, 11) is 0. The molecule has 0 aromatic carbocycles. The van der Waals surface area contributed by atoms with E-state index in [2.05, 4.69) is 0 Å². The fourth-order valence-corrected chi connectivity index (χ4v) is 0.703. The van der Waals surface area contributed by atoms with Crippen molar-refractivity contribution in [1.29, 1.82) is 0 Å². The average Bonchev–Trinajstić information content (AvgIpc) is 1.74. The Kier molecular flexibility index (Phi) is 4.26. The number of alkyl halides is 9. The van der Waals surface area contributed by atoms with Gasteiger partial charge in [0.2, 0.25) is 0 Å². The van der Waals surface area contributed by atoms with Crippen LogP contribution in [-0.4, -0.2) is 30.2 Å². The second-order valence-corrected chi connectivity index (χ2v) is 2.42. The molecule has 0 saturated carbocycles. The molecule has 0 heterocycles. The van der Waals surface area contributed by atoms with E-state index in [0.717, 1.165) is 0 Å². The predicted molar refractivity (Wildman–Crippen MR) is 29.5 cm³/mol. The van der Waals surface area contributed by atoms with Crippen LogP contribution in [0.4, 0.5) is 39.5 Å². The molecule has 92 valence electrons. The van der Waals surface area contributed by atoms with E-state index in [1.54, 1.807) is 0 Å². The molecule has 0 radical (unpaired) electrons. The van der Waals surface area contributed by atoms with Crippen LogP contribution in [0.5, 0.6) is 0 Å². The Morgan fingerprint density at radius 3 is 1.33 bits per heavy atom. The second-order valence-electron chi connectivity index (χ2n) is 2.42. The molecule has 0 spiro atoms. The first-order valence-electron chi connectivity index (χ1n) is 3.26. The molecule has 0 aromatic rings. The van der Waals surface area contributed by atoms with E-state index in [1.165, 1.54) is 0 Å². The summed E-state index contributed by atoms with van der Waals surface area (Å²) in [6, 6.07) is -5.35. The third kappa shape index (κ3) is 4.58. The lowest BCUT2D eigenvalue weighted by Gasteiger charge is -2.29. The zero-order chi connectivity index (χ0) is 12.4. The van der Waals surface area contributed by atoms with Crippen LogP contribution in [0.3, 0.4) is 0 Å². The van der Waals surface area contributed by atoms with Crippen LogP contribution in [0.1, 0.15) is 6.42 Å². The fourth-order valence-electron chi connectivity index (χ4n) is 0.703. The molecule has 15 heavy (non-hydrogen) atoms. The van der Waals surface area contributed by atoms with Gasteiger partial charge >= 0.3 is 25.3 Å². The zero-order valence-electron chi connectivity index (χ0n) is 6.71. The predicted octanol–water partition coefficient (Wildman–Crippen LogP) is 3.28. The van der Waals surface area contributed by atoms with Gasteiger partial charge in [0, 0.05) is 0 Å². The minimum absolute atomic E-state index is 2.10. The molecule has 1 nitrogen and oxygen atoms in total. The van der Waals surface area contributed by atoms with Crippen LogP contribution in [0, 0.1) is 0 Å². The van der Waals surface area contributed by atoms with E-state index in [-0.39, 0.29) is 0 Å². The van der Waals surface area contributed by atoms with Crippen LogP contribution < -0.4 is 0 Å². The molecule has 0 saturated heterocycles. The lowest BCUT2D eigenvalue weighted by Crippen LogP contribution is -2.50. The van der Waals surface area contributed by atoms with E-state index in [0.29, 0.717) is 0 Å². The van der Waals surface area contributed by atoms with Crippen molar-refractivity contribution < 1.29 is 39.5 Å². The summed E-state index contributed by atoms with van der Waals surface area (Å²) in [5, 5.41) is 0. The number of hydrogen-bond acceptors (Lipinski definition) is 1. The monoisotopic (exact) mass is 249 g/mol. The topological polar surface area (TPSA) is 3.24 Å². The van der Waals surface area contributed by atoms with Crippen molar-refractivity contribution in [2.45, 2.75) is 31.7 Å². The van der Waals surface area contributed by atoms with Crippen LogP contribution in [0.25, 0.3) is 0 Å². The highest BCUT2D eigenvalue weighted by atomic mass is 19.4. The first-order valence-corrected chi connectivity index (χ1v) is 3.26. The van der Waals surface area contributed by atoms with E-state index in [4.69, 9.17) is 0 Å². The molecule has 0 aliphatic heterocycles. The van der Waals surface area contributed by atoms with Crippen molar-refractivity contribution in [3.05, 3.63) is 0 Å². The first kappa shape index (κ1) is 14.3. The van der Waals surface area contributed by atoms with Crippen LogP contribution in [0.2, 0.25) is 0 Å². The molecule has 0 fully saturated rings. The second kappa shape index (κ2) is 4.45. The largest absolute Gasteiger partial charge is 0.396 e. The molecule has 0 aliphatic carbocycles. The van der Waals surface area contributed by atoms with Crippen molar-refractivity contribution in [1.82, 2.24) is 4.90 Å². The van der Waals surface area contributed by atoms with Gasteiger partial charge in [-0.05, 0) is 0 Å². The average molecular weight is 249 g/mol. The standard InChI is InChI=1S/C5H4F9N/c6-2(7)15(3(8)9)5(13,14)1-4(10,11)12/h2-3H,1H2. The molecule has 10 heteroatoms. The van der Waals surface area contributed by atoms with Crippen molar-refractivity contribution in [2.24, 2.45) is 0 Å². The number of rotatable bonds is 4. The van der Waals surface area contributed by atoms with E-state index in [1.807, 2.05) is 0 Å². The van der Waals surface area contributed by atoms with E-state index in [9.17, 15) is 39.5 Å². The Labute approximate surface area is 77.4 Å². The molecule has 0 N–H and O–H groups in total. The summed E-state index contributed by atoms with van der Waals surface area (Å²) >= 11 is 0. The molecule has 0 amide bonds. The highest BCUT2D eigenvalue weighted by molar-refractivity contribution is 4.72. The maximum atomic E-state index is 12.3. The summed E-state index contributed by atoms with van der Waals surface area (Å²) in [5.41, 5.74) is 0. The van der Waals surface area contributed by atoms with Gasteiger partial charge in [-0.1, -0.05) is 0 Å². The molecule has 0 unspecified atom stereocenters. The smallest absolute Gasteiger partial charge is 0.191 e. The number of hydrogen-bond donors (Lipinski definition) is 0. The van der Waals surface area contributed by atoms with Gasteiger partial charge in [-0.3, -0.25) is 0 Å². The van der Waals surface area contributed by atoms with Gasteiger partial charge in [-0.25, -0.2) is 0 Å². The van der Waals surface area contributed by atoms with Gasteiger partial charge in [0.1, 0.15) is 6.42 Å². The van der Waals surface area contributed by atoms with Gasteiger partial charge in [-0.2, -0.15) is 39.5 Å². The van der Waals surface area contributed by atoms with Gasteiger partial charge in [0.05, 0.1) is 0 Å². The molecule has 0 aliphatic rings. The minimum atomic E-state index is -5.52. The van der Waals surface area contributed by atoms with E-state index < -0.39 is 36.6 Å². The maximum Gasteiger partial charge on any atom is 0.396 e. The Morgan fingerprint density at radius 2 is 1.13 bits per heavy atom. The van der Waals surface area contributed by atoms with Crippen LogP contribution >= 0.6 is 0 Å². The molecule has 0 aromatic heterocycles. The summed E-state index contributed by atoms with van der Waals surface area (Å²) in [4.78, 5) is -2.10.